The number of nitrogens with two attached hydrogens (primary N) is 1. The summed E-state index contributed by atoms with van der Waals surface area (Å²) in [6.07, 6.45) is 0.624. The van der Waals surface area contributed by atoms with Gasteiger partial charge in [-0.1, -0.05) is 59.8 Å². The summed E-state index contributed by atoms with van der Waals surface area (Å²) >= 11 is 1.68. The molecule has 7 heteroatoms. The van der Waals surface area contributed by atoms with Gasteiger partial charge in [0.2, 0.25) is 17.6 Å². The van der Waals surface area contributed by atoms with Gasteiger partial charge in [-0.2, -0.15) is 4.98 Å². The second-order valence-corrected chi connectivity index (χ2v) is 8.93. The van der Waals surface area contributed by atoms with Gasteiger partial charge in [0.15, 0.2) is 0 Å². The van der Waals surface area contributed by atoms with Gasteiger partial charge in [0.05, 0.1) is 20.6 Å². The maximum atomic E-state index is 11.3. The summed E-state index contributed by atoms with van der Waals surface area (Å²) in [6, 6.07) is 25.1. The van der Waals surface area contributed by atoms with Gasteiger partial charge in [-0.25, -0.2) is 4.98 Å². The van der Waals surface area contributed by atoms with Gasteiger partial charge in [-0.3, -0.25) is 4.79 Å². The molecule has 0 aliphatic rings. The number of hydrogen-bond acceptors (Lipinski definition) is 6. The summed E-state index contributed by atoms with van der Waals surface area (Å²) in [6.45, 7) is 2.10. The van der Waals surface area contributed by atoms with E-state index in [-0.39, 0.29) is 0 Å². The van der Waals surface area contributed by atoms with Crippen LogP contribution in [0.3, 0.4) is 0 Å². The first-order chi connectivity index (χ1) is 15.5. The van der Waals surface area contributed by atoms with Gasteiger partial charge >= 0.3 is 0 Å². The maximum Gasteiger partial charge on any atom is 0.248 e. The lowest BCUT2D eigenvalue weighted by molar-refractivity contribution is 0.100. The average Bonchev–Trinajstić information content (AvgIpc) is 3.47. The van der Waals surface area contributed by atoms with Gasteiger partial charge in [-0.15, -0.1) is 11.3 Å². The number of rotatable bonds is 6. The number of nitrogens with zero attached hydrogens (tertiary/aromatic N) is 3. The van der Waals surface area contributed by atoms with Crippen LogP contribution in [0.1, 0.15) is 33.7 Å². The highest BCUT2D eigenvalue weighted by Crippen LogP contribution is 2.37. The highest BCUT2D eigenvalue weighted by Gasteiger charge is 2.36. The molecule has 2 heterocycles. The Labute approximate surface area is 188 Å². The summed E-state index contributed by atoms with van der Waals surface area (Å²) in [4.78, 5) is 20.9. The largest absolute Gasteiger partial charge is 0.366 e. The Hall–Kier alpha value is -3.84. The van der Waals surface area contributed by atoms with Crippen LogP contribution in [0.15, 0.2) is 83.4 Å². The van der Waals surface area contributed by atoms with E-state index in [0.717, 1.165) is 26.4 Å². The van der Waals surface area contributed by atoms with Crippen LogP contribution in [-0.4, -0.2) is 21.0 Å². The van der Waals surface area contributed by atoms with E-state index in [1.807, 2.05) is 36.4 Å². The molecule has 0 radical (unpaired) electrons. The minimum absolute atomic E-state index is 0.433. The molecule has 5 aromatic rings. The summed E-state index contributed by atoms with van der Waals surface area (Å²) in [5.74, 6) is 0.497. The number of carbonyl (C=O) groups is 1. The summed E-state index contributed by atoms with van der Waals surface area (Å²) < 4.78 is 6.94. The Kier molecular flexibility index (Phi) is 5.03. The SMILES string of the molecule is CC(Cc1nc2ccccc2s1)(c1ccccc1)c1nc(-c2ccc(C(N)=O)cc2)no1. The second-order valence-electron chi connectivity index (χ2n) is 7.81. The van der Waals surface area contributed by atoms with E-state index in [9.17, 15) is 4.79 Å². The van der Waals surface area contributed by atoms with Crippen molar-refractivity contribution in [1.82, 2.24) is 15.1 Å². The fourth-order valence-electron chi connectivity index (χ4n) is 3.75. The summed E-state index contributed by atoms with van der Waals surface area (Å²) in [5.41, 5.74) is 8.01. The lowest BCUT2D eigenvalue weighted by atomic mass is 9.79. The molecule has 0 spiro atoms. The fourth-order valence-corrected chi connectivity index (χ4v) is 4.88. The molecule has 1 unspecified atom stereocenters. The zero-order valence-corrected chi connectivity index (χ0v) is 18.2. The van der Waals surface area contributed by atoms with Crippen LogP contribution in [0.4, 0.5) is 0 Å². The lowest BCUT2D eigenvalue weighted by Crippen LogP contribution is -2.27. The smallest absolute Gasteiger partial charge is 0.248 e. The van der Waals surface area contributed by atoms with E-state index in [1.54, 1.807) is 35.6 Å². The molecule has 2 aromatic heterocycles. The topological polar surface area (TPSA) is 94.9 Å². The predicted molar refractivity (Wildman–Crippen MR) is 124 cm³/mol. The number of benzene rings is 3. The van der Waals surface area contributed by atoms with Gasteiger partial charge in [0.25, 0.3) is 0 Å². The quantitative estimate of drug-likeness (QED) is 0.401. The first-order valence-electron chi connectivity index (χ1n) is 10.2. The number of hydrogen-bond donors (Lipinski definition) is 1. The van der Waals surface area contributed by atoms with Crippen LogP contribution in [0.25, 0.3) is 21.6 Å². The molecule has 0 bridgehead atoms. The average molecular weight is 441 g/mol. The van der Waals surface area contributed by atoms with Crippen LogP contribution in [0, 0.1) is 0 Å². The van der Waals surface area contributed by atoms with E-state index in [0.29, 0.717) is 23.7 Å². The highest BCUT2D eigenvalue weighted by molar-refractivity contribution is 7.18. The van der Waals surface area contributed by atoms with Crippen LogP contribution in [-0.2, 0) is 11.8 Å². The molecular weight excluding hydrogens is 420 g/mol. The Balaban J connectivity index is 1.54. The van der Waals surface area contributed by atoms with Crippen LogP contribution >= 0.6 is 11.3 Å². The molecule has 2 N–H and O–H groups in total. The molecule has 158 valence electrons. The predicted octanol–water partition coefficient (Wildman–Crippen LogP) is 4.99. The third-order valence-electron chi connectivity index (χ3n) is 5.58. The summed E-state index contributed by atoms with van der Waals surface area (Å²) in [5, 5.41) is 5.22. The highest BCUT2D eigenvalue weighted by atomic mass is 32.1. The van der Waals surface area contributed by atoms with Crippen molar-refractivity contribution in [2.45, 2.75) is 18.8 Å². The van der Waals surface area contributed by atoms with Crippen LogP contribution in [0.2, 0.25) is 0 Å². The molecule has 0 fully saturated rings. The molecule has 6 nitrogen and oxygen atoms in total. The Morgan fingerprint density at radius 2 is 1.69 bits per heavy atom. The molecule has 0 saturated carbocycles. The van der Waals surface area contributed by atoms with Gasteiger partial charge < -0.3 is 10.3 Å². The van der Waals surface area contributed by atoms with Crippen molar-refractivity contribution < 1.29 is 9.32 Å². The number of aromatic nitrogens is 3. The Morgan fingerprint density at radius 1 is 0.969 bits per heavy atom. The first kappa shape index (κ1) is 20.1. The molecule has 0 aliphatic carbocycles. The third kappa shape index (κ3) is 3.67. The Morgan fingerprint density at radius 3 is 2.41 bits per heavy atom. The molecule has 1 atom stereocenters. The van der Waals surface area contributed by atoms with Crippen molar-refractivity contribution in [2.75, 3.05) is 0 Å². The molecule has 3 aromatic carbocycles. The van der Waals surface area contributed by atoms with Crippen molar-refractivity contribution in [3.63, 3.8) is 0 Å². The standard InChI is InChI=1S/C25H20N4O2S/c1-25(18-7-3-2-4-8-18,15-21-27-19-9-5-6-10-20(19)32-21)24-28-23(29-31-24)17-13-11-16(12-14-17)22(26)30/h2-14H,15H2,1H3,(H2,26,30). The minimum atomic E-state index is -0.562. The number of amides is 1. The van der Waals surface area contributed by atoms with E-state index in [1.165, 1.54) is 0 Å². The second kappa shape index (κ2) is 8.01. The van der Waals surface area contributed by atoms with E-state index >= 15 is 0 Å². The van der Waals surface area contributed by atoms with Crippen molar-refractivity contribution in [2.24, 2.45) is 5.73 Å². The van der Waals surface area contributed by atoms with E-state index in [4.69, 9.17) is 20.2 Å². The van der Waals surface area contributed by atoms with Crippen molar-refractivity contribution in [1.29, 1.82) is 0 Å². The van der Waals surface area contributed by atoms with Crippen molar-refractivity contribution in [3.8, 4) is 11.4 Å². The van der Waals surface area contributed by atoms with Gasteiger partial charge in [-0.05, 0) is 36.8 Å². The van der Waals surface area contributed by atoms with Crippen LogP contribution < -0.4 is 5.73 Å². The monoisotopic (exact) mass is 440 g/mol. The molecule has 5 rings (SSSR count). The first-order valence-corrected chi connectivity index (χ1v) is 11.0. The molecule has 32 heavy (non-hydrogen) atoms. The summed E-state index contributed by atoms with van der Waals surface area (Å²) in [7, 11) is 0. The number of thiazole rings is 1. The van der Waals surface area contributed by atoms with E-state index in [2.05, 4.69) is 30.3 Å². The maximum absolute atomic E-state index is 11.3. The van der Waals surface area contributed by atoms with Crippen molar-refractivity contribution in [3.05, 3.63) is 101 Å². The van der Waals surface area contributed by atoms with Crippen LogP contribution in [0.5, 0.6) is 0 Å². The van der Waals surface area contributed by atoms with Crippen molar-refractivity contribution >= 4 is 27.5 Å². The molecule has 0 saturated heterocycles. The number of para-hydroxylation sites is 1. The zero-order chi connectivity index (χ0) is 22.1. The van der Waals surface area contributed by atoms with Gasteiger partial charge in [0.1, 0.15) is 0 Å². The molecule has 1 amide bonds. The van der Waals surface area contributed by atoms with E-state index < -0.39 is 11.3 Å². The molecular formula is C25H20N4O2S. The number of fused-ring (bicyclic) bond motifs is 1. The lowest BCUT2D eigenvalue weighted by Gasteiger charge is -2.25. The number of primary amides is 1. The minimum Gasteiger partial charge on any atom is -0.366 e. The number of carbonyl (C=O) groups excluding carboxylic acids is 1. The normalized spacial score (nSPS) is 13.2. The molecule has 0 aliphatic heterocycles. The Bertz CT molecular complexity index is 1360. The third-order valence-corrected chi connectivity index (χ3v) is 6.62. The fraction of sp³-hybridized carbons (Fsp3) is 0.120. The zero-order valence-electron chi connectivity index (χ0n) is 17.4. The van der Waals surface area contributed by atoms with Gasteiger partial charge in [0, 0.05) is 17.5 Å².